The van der Waals surface area contributed by atoms with Crippen LogP contribution in [0.2, 0.25) is 0 Å². The lowest BCUT2D eigenvalue weighted by Gasteiger charge is -2.13. The van der Waals surface area contributed by atoms with Crippen molar-refractivity contribution >= 4 is 32.3 Å². The summed E-state index contributed by atoms with van der Waals surface area (Å²) in [7, 11) is 0. The highest BCUT2D eigenvalue weighted by molar-refractivity contribution is 6.23. The van der Waals surface area contributed by atoms with E-state index < -0.39 is 0 Å². The average Bonchev–Trinajstić information content (AvgIpc) is 2.54. The standard InChI is InChI=1S/C21H20/c1-2-3-4-6-15-9-10-18-12-11-16-7-5-8-17-13-14-19(15)21(18)20(16)17/h5,7-14H,2-4,6H2,1H3. The molecule has 0 heteroatoms. The van der Waals surface area contributed by atoms with Gasteiger partial charge >= 0.3 is 0 Å². The summed E-state index contributed by atoms with van der Waals surface area (Å²) in [6.07, 6.45) is 5.09. The Morgan fingerprint density at radius 2 is 1.33 bits per heavy atom. The van der Waals surface area contributed by atoms with Gasteiger partial charge in [-0.05, 0) is 50.7 Å². The minimum Gasteiger partial charge on any atom is -0.0654 e. The molecule has 4 aromatic carbocycles. The maximum absolute atomic E-state index is 2.33. The van der Waals surface area contributed by atoms with Crippen molar-refractivity contribution in [3.63, 3.8) is 0 Å². The first-order chi connectivity index (χ1) is 10.4. The minimum atomic E-state index is 1.20. The summed E-state index contributed by atoms with van der Waals surface area (Å²) in [6, 6.07) is 20.4. The second-order valence-corrected chi connectivity index (χ2v) is 6.04. The summed E-state index contributed by atoms with van der Waals surface area (Å²) in [5.74, 6) is 0. The van der Waals surface area contributed by atoms with E-state index in [1.807, 2.05) is 0 Å². The fraction of sp³-hybridized carbons (Fsp3) is 0.238. The number of benzene rings is 4. The third-order valence-electron chi connectivity index (χ3n) is 4.67. The van der Waals surface area contributed by atoms with Crippen LogP contribution >= 0.6 is 0 Å². The van der Waals surface area contributed by atoms with Gasteiger partial charge < -0.3 is 0 Å². The van der Waals surface area contributed by atoms with Crippen molar-refractivity contribution in [1.82, 2.24) is 0 Å². The molecule has 0 atom stereocenters. The summed E-state index contributed by atoms with van der Waals surface area (Å²) in [6.45, 7) is 2.27. The average molecular weight is 272 g/mol. The summed E-state index contributed by atoms with van der Waals surface area (Å²) >= 11 is 0. The van der Waals surface area contributed by atoms with Crippen LogP contribution < -0.4 is 0 Å². The van der Waals surface area contributed by atoms with Gasteiger partial charge in [0.2, 0.25) is 0 Å². The van der Waals surface area contributed by atoms with Crippen LogP contribution in [0.3, 0.4) is 0 Å². The van der Waals surface area contributed by atoms with E-state index >= 15 is 0 Å². The van der Waals surface area contributed by atoms with Gasteiger partial charge in [0.05, 0.1) is 0 Å². The molecule has 0 aliphatic carbocycles. The molecule has 0 radical (unpaired) electrons. The highest BCUT2D eigenvalue weighted by Gasteiger charge is 2.10. The largest absolute Gasteiger partial charge is 0.0654 e. The first-order valence-corrected chi connectivity index (χ1v) is 8.04. The fourth-order valence-electron chi connectivity index (χ4n) is 3.58. The van der Waals surface area contributed by atoms with Crippen molar-refractivity contribution in [2.45, 2.75) is 32.6 Å². The summed E-state index contributed by atoms with van der Waals surface area (Å²) < 4.78 is 0. The van der Waals surface area contributed by atoms with Gasteiger partial charge in [-0.3, -0.25) is 0 Å². The molecule has 21 heavy (non-hydrogen) atoms. The Labute approximate surface area is 125 Å². The van der Waals surface area contributed by atoms with Crippen molar-refractivity contribution < 1.29 is 0 Å². The second-order valence-electron chi connectivity index (χ2n) is 6.04. The van der Waals surface area contributed by atoms with Crippen molar-refractivity contribution in [1.29, 1.82) is 0 Å². The van der Waals surface area contributed by atoms with Crippen LogP contribution in [0.4, 0.5) is 0 Å². The van der Waals surface area contributed by atoms with Gasteiger partial charge in [0.25, 0.3) is 0 Å². The summed E-state index contributed by atoms with van der Waals surface area (Å²) in [4.78, 5) is 0. The Hall–Kier alpha value is -2.08. The number of hydrogen-bond acceptors (Lipinski definition) is 0. The molecule has 0 N–H and O–H groups in total. The van der Waals surface area contributed by atoms with Crippen LogP contribution in [0.25, 0.3) is 32.3 Å². The highest BCUT2D eigenvalue weighted by atomic mass is 14.1. The molecule has 0 unspecified atom stereocenters. The third kappa shape index (κ3) is 1.98. The van der Waals surface area contributed by atoms with E-state index in [1.165, 1.54) is 63.6 Å². The van der Waals surface area contributed by atoms with Gasteiger partial charge in [-0.25, -0.2) is 0 Å². The van der Waals surface area contributed by atoms with Crippen molar-refractivity contribution in [2.75, 3.05) is 0 Å². The normalized spacial score (nSPS) is 11.9. The molecule has 0 bridgehead atoms. The van der Waals surface area contributed by atoms with Gasteiger partial charge in [-0.15, -0.1) is 0 Å². The first-order valence-electron chi connectivity index (χ1n) is 8.04. The van der Waals surface area contributed by atoms with E-state index in [4.69, 9.17) is 0 Å². The van der Waals surface area contributed by atoms with Gasteiger partial charge in [0.15, 0.2) is 0 Å². The molecule has 0 saturated carbocycles. The molecule has 4 aromatic rings. The Balaban J connectivity index is 2.01. The van der Waals surface area contributed by atoms with Gasteiger partial charge in [0.1, 0.15) is 0 Å². The topological polar surface area (TPSA) is 0 Å². The molecule has 0 aliphatic rings. The van der Waals surface area contributed by atoms with Gasteiger partial charge in [-0.1, -0.05) is 74.4 Å². The van der Waals surface area contributed by atoms with Crippen LogP contribution in [0.15, 0.2) is 54.6 Å². The smallest absolute Gasteiger partial charge is 0.00240 e. The zero-order valence-electron chi connectivity index (χ0n) is 12.5. The highest BCUT2D eigenvalue weighted by Crippen LogP contribution is 2.36. The molecule has 0 amide bonds. The van der Waals surface area contributed by atoms with Crippen molar-refractivity contribution in [3.8, 4) is 0 Å². The minimum absolute atomic E-state index is 1.20. The van der Waals surface area contributed by atoms with Crippen LogP contribution in [-0.4, -0.2) is 0 Å². The maximum Gasteiger partial charge on any atom is -0.00240 e. The molecule has 0 heterocycles. The zero-order valence-corrected chi connectivity index (χ0v) is 12.5. The molecule has 0 aliphatic heterocycles. The molecule has 104 valence electrons. The van der Waals surface area contributed by atoms with E-state index in [9.17, 15) is 0 Å². The molecule has 0 saturated heterocycles. The van der Waals surface area contributed by atoms with E-state index in [-0.39, 0.29) is 0 Å². The predicted octanol–water partition coefficient (Wildman–Crippen LogP) is 6.32. The maximum atomic E-state index is 2.33. The molecule has 0 fully saturated rings. The fourth-order valence-corrected chi connectivity index (χ4v) is 3.58. The summed E-state index contributed by atoms with van der Waals surface area (Å²) in [5, 5.41) is 8.43. The monoisotopic (exact) mass is 272 g/mol. The van der Waals surface area contributed by atoms with Crippen LogP contribution in [0.5, 0.6) is 0 Å². The molecule has 4 rings (SSSR count). The Morgan fingerprint density at radius 3 is 2.10 bits per heavy atom. The Morgan fingerprint density at radius 1 is 0.667 bits per heavy atom. The van der Waals surface area contributed by atoms with E-state index in [2.05, 4.69) is 61.5 Å². The molecule has 0 spiro atoms. The quantitative estimate of drug-likeness (QED) is 0.301. The summed E-state index contributed by atoms with van der Waals surface area (Å²) in [5.41, 5.74) is 1.51. The molecule has 0 nitrogen and oxygen atoms in total. The lowest BCUT2D eigenvalue weighted by molar-refractivity contribution is 0.720. The zero-order chi connectivity index (χ0) is 14.2. The van der Waals surface area contributed by atoms with E-state index in [0.717, 1.165) is 0 Å². The number of rotatable bonds is 4. The van der Waals surface area contributed by atoms with Crippen molar-refractivity contribution in [3.05, 3.63) is 60.2 Å². The predicted molar refractivity (Wildman–Crippen MR) is 93.4 cm³/mol. The van der Waals surface area contributed by atoms with Crippen LogP contribution in [0.1, 0.15) is 31.7 Å². The van der Waals surface area contributed by atoms with Crippen LogP contribution in [0, 0.1) is 0 Å². The SMILES string of the molecule is CCCCCc1ccc2ccc3cccc4ccc1c2c34. The van der Waals surface area contributed by atoms with E-state index in [1.54, 1.807) is 0 Å². The second kappa shape index (κ2) is 5.04. The Kier molecular flexibility index (Phi) is 3.03. The Bertz CT molecular complexity index is 886. The van der Waals surface area contributed by atoms with Gasteiger partial charge in [-0.2, -0.15) is 0 Å². The lowest BCUT2D eigenvalue weighted by Crippen LogP contribution is -1.90. The number of unbranched alkanes of at least 4 members (excludes halogenated alkanes) is 2. The van der Waals surface area contributed by atoms with E-state index in [0.29, 0.717) is 0 Å². The molecular weight excluding hydrogens is 252 g/mol. The number of aryl methyl sites for hydroxylation is 1. The molecule has 0 aromatic heterocycles. The molecular formula is C21H20. The van der Waals surface area contributed by atoms with Gasteiger partial charge in [0, 0.05) is 0 Å². The number of hydrogen-bond donors (Lipinski definition) is 0. The lowest BCUT2D eigenvalue weighted by atomic mass is 9.90. The van der Waals surface area contributed by atoms with Crippen molar-refractivity contribution in [2.24, 2.45) is 0 Å². The first kappa shape index (κ1) is 12.6. The third-order valence-corrected chi connectivity index (χ3v) is 4.67. The van der Waals surface area contributed by atoms with Crippen LogP contribution in [-0.2, 0) is 6.42 Å².